The fraction of sp³-hybridized carbons (Fsp3) is 0. The SMILES string of the molecule is C=CC(=O)Cl.C=CC(=O)Oc1ccc2nc3ccc(=O)cc-3oc2c1.O=c1ccc2nc3ccc(O)cc3oc-2c1. The van der Waals surface area contributed by atoms with Crippen molar-refractivity contribution in [3.63, 3.8) is 0 Å². The molecular weight excluding hydrogens is 552 g/mol. The molecule has 1 N–H and O–H groups in total. The highest BCUT2D eigenvalue weighted by Crippen LogP contribution is 2.27. The molecule has 2 aliphatic heterocycles. The quantitative estimate of drug-likeness (QED) is 0.0973. The second-order valence-corrected chi connectivity index (χ2v) is 8.47. The third-order valence-electron chi connectivity index (χ3n) is 5.20. The van der Waals surface area contributed by atoms with Crippen LogP contribution in [-0.2, 0) is 9.59 Å². The number of allylic oxidation sites excluding steroid dienone is 1. The van der Waals surface area contributed by atoms with Crippen LogP contribution in [0.4, 0.5) is 0 Å². The number of aromatic nitrogens is 2. The molecule has 2 aromatic rings. The van der Waals surface area contributed by atoms with Gasteiger partial charge in [0.05, 0.1) is 0 Å². The lowest BCUT2D eigenvalue weighted by atomic mass is 10.2. The number of nitrogens with zero attached hydrogens (tertiary/aromatic N) is 2. The Hall–Kier alpha value is -5.61. The van der Waals surface area contributed by atoms with Gasteiger partial charge in [0.2, 0.25) is 5.24 Å². The number of fused-ring (bicyclic) bond motifs is 4. The van der Waals surface area contributed by atoms with E-state index in [1.807, 2.05) is 0 Å². The van der Waals surface area contributed by atoms with E-state index in [0.717, 1.165) is 12.2 Å². The van der Waals surface area contributed by atoms with Crippen molar-refractivity contribution in [3.05, 3.63) is 119 Å². The molecule has 0 atom stereocenters. The highest BCUT2D eigenvalue weighted by molar-refractivity contribution is 6.66. The van der Waals surface area contributed by atoms with E-state index in [9.17, 15) is 24.3 Å². The Bertz CT molecular complexity index is 1980. The Morgan fingerprint density at radius 3 is 1.78 bits per heavy atom. The van der Waals surface area contributed by atoms with Gasteiger partial charge in [0, 0.05) is 30.3 Å². The van der Waals surface area contributed by atoms with E-state index in [2.05, 4.69) is 23.1 Å². The molecule has 0 saturated heterocycles. The average molecular weight is 571 g/mol. The third kappa shape index (κ3) is 7.28. The van der Waals surface area contributed by atoms with Gasteiger partial charge in [-0.15, -0.1) is 0 Å². The molecule has 2 heterocycles. The molecular formula is C30H19ClN2O8. The van der Waals surface area contributed by atoms with E-state index in [-0.39, 0.29) is 16.6 Å². The van der Waals surface area contributed by atoms with Crippen molar-refractivity contribution in [2.75, 3.05) is 0 Å². The molecule has 0 saturated carbocycles. The lowest BCUT2D eigenvalue weighted by Gasteiger charge is -2.06. The van der Waals surface area contributed by atoms with Crippen LogP contribution in [-0.4, -0.2) is 26.3 Å². The first-order valence-corrected chi connectivity index (χ1v) is 12.1. The van der Waals surface area contributed by atoms with Crippen molar-refractivity contribution in [2.45, 2.75) is 0 Å². The smallest absolute Gasteiger partial charge is 0.335 e. The minimum absolute atomic E-state index is 0.107. The number of hydrogen-bond donors (Lipinski definition) is 1. The molecule has 0 aromatic heterocycles. The number of benzene rings is 4. The summed E-state index contributed by atoms with van der Waals surface area (Å²) in [5.74, 6) is 0.684. The van der Waals surface area contributed by atoms with Crippen LogP contribution in [0.5, 0.6) is 11.5 Å². The number of hydrogen-bond acceptors (Lipinski definition) is 10. The number of carbonyl (C=O) groups excluding carboxylic acids is 2. The van der Waals surface area contributed by atoms with Crippen LogP contribution in [0.15, 0.2) is 117 Å². The fourth-order valence-corrected chi connectivity index (χ4v) is 3.40. The summed E-state index contributed by atoms with van der Waals surface area (Å²) in [6, 6.07) is 18.3. The van der Waals surface area contributed by atoms with Crippen LogP contribution < -0.4 is 15.6 Å². The van der Waals surface area contributed by atoms with Gasteiger partial charge in [0.25, 0.3) is 0 Å². The molecule has 2 aromatic carbocycles. The first-order chi connectivity index (χ1) is 19.6. The molecule has 0 unspecified atom stereocenters. The number of halogens is 1. The van der Waals surface area contributed by atoms with Gasteiger partial charge in [-0.3, -0.25) is 14.4 Å². The molecule has 0 amide bonds. The highest BCUT2D eigenvalue weighted by Gasteiger charge is 2.11. The zero-order chi connectivity index (χ0) is 29.5. The summed E-state index contributed by atoms with van der Waals surface area (Å²) >= 11 is 4.71. The first kappa shape index (κ1) is 28.4. The van der Waals surface area contributed by atoms with E-state index in [0.29, 0.717) is 50.9 Å². The fourth-order valence-electron chi connectivity index (χ4n) is 3.40. The Balaban J connectivity index is 0.000000165. The molecule has 204 valence electrons. The molecule has 0 fully saturated rings. The molecule has 0 spiro atoms. The lowest BCUT2D eigenvalue weighted by molar-refractivity contribution is -0.128. The van der Waals surface area contributed by atoms with Crippen molar-refractivity contribution >= 4 is 45.0 Å². The van der Waals surface area contributed by atoms with Crippen LogP contribution in [0.3, 0.4) is 0 Å². The predicted molar refractivity (Wildman–Crippen MR) is 152 cm³/mol. The molecule has 2 aliphatic carbocycles. The third-order valence-corrected chi connectivity index (χ3v) is 5.36. The van der Waals surface area contributed by atoms with E-state index >= 15 is 0 Å². The zero-order valence-electron chi connectivity index (χ0n) is 21.1. The second-order valence-electron chi connectivity index (χ2n) is 8.10. The maximum absolute atomic E-state index is 11.3. The molecule has 11 heteroatoms. The summed E-state index contributed by atoms with van der Waals surface area (Å²) in [4.78, 5) is 51.7. The zero-order valence-corrected chi connectivity index (χ0v) is 21.8. The standard InChI is InChI=1S/C15H9NO4.C12H7NO3.C3H3ClO/c1-2-15(18)19-10-4-6-12-14(8-10)20-13-7-9(17)3-5-11(13)16-12;14-7-1-3-9-11(5-7)16-12-6-8(15)2-4-10(12)13-9;1-2-3(4)5/h2-8H,1H2;1-6,14H;2H,1H2. The summed E-state index contributed by atoms with van der Waals surface area (Å²) in [5, 5.41) is 8.80. The molecule has 10 nitrogen and oxygen atoms in total. The van der Waals surface area contributed by atoms with E-state index in [1.165, 1.54) is 30.3 Å². The van der Waals surface area contributed by atoms with Gasteiger partial charge in [0.15, 0.2) is 33.5 Å². The van der Waals surface area contributed by atoms with E-state index in [4.69, 9.17) is 25.2 Å². The van der Waals surface area contributed by atoms with Gasteiger partial charge in [-0.1, -0.05) is 13.2 Å². The van der Waals surface area contributed by atoms with Crippen LogP contribution >= 0.6 is 11.6 Å². The Labute approximate surface area is 236 Å². The van der Waals surface area contributed by atoms with Crippen LogP contribution in [0.25, 0.3) is 45.1 Å². The Morgan fingerprint density at radius 1 is 0.756 bits per heavy atom. The Kier molecular flexibility index (Phi) is 8.66. The number of aromatic hydroxyl groups is 1. The summed E-state index contributed by atoms with van der Waals surface area (Å²) in [5.41, 5.74) is 3.06. The first-order valence-electron chi connectivity index (χ1n) is 11.7. The maximum atomic E-state index is 11.3. The number of carbonyl (C=O) groups is 2. The molecule has 41 heavy (non-hydrogen) atoms. The summed E-state index contributed by atoms with van der Waals surface area (Å²) in [6.45, 7) is 6.40. The molecule has 6 rings (SSSR count). The topological polar surface area (TPSA) is 150 Å². The normalized spacial score (nSPS) is 10.3. The minimum Gasteiger partial charge on any atom is -0.508 e. The van der Waals surface area contributed by atoms with Crippen molar-refractivity contribution in [1.82, 2.24) is 9.97 Å². The predicted octanol–water partition coefficient (Wildman–Crippen LogP) is 5.32. The van der Waals surface area contributed by atoms with Crippen LogP contribution in [0.2, 0.25) is 0 Å². The molecule has 4 aliphatic rings. The lowest BCUT2D eigenvalue weighted by Crippen LogP contribution is -2.03. The number of phenols is 1. The summed E-state index contributed by atoms with van der Waals surface area (Å²) in [7, 11) is 0. The van der Waals surface area contributed by atoms with Gasteiger partial charge in [-0.05, 0) is 66.2 Å². The average Bonchev–Trinajstić information content (AvgIpc) is 2.95. The second kappa shape index (κ2) is 12.5. The summed E-state index contributed by atoms with van der Waals surface area (Å²) < 4.78 is 16.1. The van der Waals surface area contributed by atoms with E-state index in [1.54, 1.807) is 42.5 Å². The maximum Gasteiger partial charge on any atom is 0.335 e. The number of ether oxygens (including phenoxy) is 1. The summed E-state index contributed by atoms with van der Waals surface area (Å²) in [6.07, 6.45) is 2.12. The van der Waals surface area contributed by atoms with Gasteiger partial charge in [-0.2, -0.15) is 0 Å². The Morgan fingerprint density at radius 2 is 1.27 bits per heavy atom. The van der Waals surface area contributed by atoms with Gasteiger partial charge in [-0.25, -0.2) is 14.8 Å². The van der Waals surface area contributed by atoms with Gasteiger partial charge >= 0.3 is 5.97 Å². The van der Waals surface area contributed by atoms with Crippen molar-refractivity contribution in [2.24, 2.45) is 0 Å². The molecule has 0 bridgehead atoms. The van der Waals surface area contributed by atoms with E-state index < -0.39 is 11.2 Å². The van der Waals surface area contributed by atoms with Crippen molar-refractivity contribution in [1.29, 1.82) is 0 Å². The van der Waals surface area contributed by atoms with Gasteiger partial charge < -0.3 is 18.7 Å². The van der Waals surface area contributed by atoms with Crippen molar-refractivity contribution < 1.29 is 28.3 Å². The molecule has 0 radical (unpaired) electrons. The number of esters is 1. The number of rotatable bonds is 3. The largest absolute Gasteiger partial charge is 0.508 e. The van der Waals surface area contributed by atoms with Crippen LogP contribution in [0.1, 0.15) is 0 Å². The van der Waals surface area contributed by atoms with Crippen molar-refractivity contribution in [3.8, 4) is 34.4 Å². The monoisotopic (exact) mass is 570 g/mol. The van der Waals surface area contributed by atoms with Gasteiger partial charge in [0.1, 0.15) is 33.9 Å². The number of phenolic OH excluding ortho intramolecular Hbond substituents is 1. The van der Waals surface area contributed by atoms with Crippen LogP contribution in [0, 0.1) is 0 Å². The minimum atomic E-state index is -0.556. The highest BCUT2D eigenvalue weighted by atomic mass is 35.5.